The maximum absolute atomic E-state index is 13.7. The lowest BCUT2D eigenvalue weighted by atomic mass is 10.0. The molecular weight excluding hydrogens is 489 g/mol. The third-order valence-corrected chi connectivity index (χ3v) is 3.95. The molecule has 2 rings (SSSR count). The Hall–Kier alpha value is -1.88. The van der Waals surface area contributed by atoms with Crippen LogP contribution in [0.15, 0.2) is 41.4 Å². The fourth-order valence-electron chi connectivity index (χ4n) is 2.49. The lowest BCUT2D eigenvalue weighted by molar-refractivity contribution is 0.265. The molecule has 0 saturated carbocycles. The molecule has 9 heteroatoms. The number of hydrogen-bond acceptors (Lipinski definition) is 2. The van der Waals surface area contributed by atoms with Crippen molar-refractivity contribution in [2.75, 3.05) is 19.7 Å². The van der Waals surface area contributed by atoms with Crippen LogP contribution in [-0.4, -0.2) is 30.8 Å². The van der Waals surface area contributed by atoms with E-state index in [0.717, 1.165) is 5.56 Å². The molecule has 3 N–H and O–H groups in total. The van der Waals surface area contributed by atoms with Crippen LogP contribution in [0.25, 0.3) is 0 Å². The SMILES string of the molecule is CCNC(=NCc1c(F)c(F)cc(F)c1F)NCC(CO)c1ccccc1.I. The van der Waals surface area contributed by atoms with Crippen molar-refractivity contribution in [3.05, 3.63) is 70.8 Å². The fourth-order valence-corrected chi connectivity index (χ4v) is 2.49. The Morgan fingerprint density at radius 2 is 1.64 bits per heavy atom. The van der Waals surface area contributed by atoms with E-state index in [1.54, 1.807) is 6.92 Å². The highest BCUT2D eigenvalue weighted by Crippen LogP contribution is 2.20. The minimum Gasteiger partial charge on any atom is -0.396 e. The summed E-state index contributed by atoms with van der Waals surface area (Å²) in [7, 11) is 0. The molecule has 0 aliphatic heterocycles. The number of hydrogen-bond donors (Lipinski definition) is 3. The van der Waals surface area contributed by atoms with Gasteiger partial charge in [-0.3, -0.25) is 0 Å². The van der Waals surface area contributed by atoms with E-state index in [0.29, 0.717) is 13.1 Å². The molecule has 0 spiro atoms. The van der Waals surface area contributed by atoms with E-state index < -0.39 is 35.4 Å². The van der Waals surface area contributed by atoms with Crippen LogP contribution in [0, 0.1) is 23.3 Å². The van der Waals surface area contributed by atoms with Crippen LogP contribution in [0.5, 0.6) is 0 Å². The lowest BCUT2D eigenvalue weighted by Gasteiger charge is -2.18. The Morgan fingerprint density at radius 3 is 2.18 bits per heavy atom. The number of aliphatic hydroxyl groups excluding tert-OH is 1. The van der Waals surface area contributed by atoms with E-state index >= 15 is 0 Å². The molecule has 28 heavy (non-hydrogen) atoms. The summed E-state index contributed by atoms with van der Waals surface area (Å²) >= 11 is 0. The van der Waals surface area contributed by atoms with Crippen LogP contribution in [-0.2, 0) is 6.54 Å². The van der Waals surface area contributed by atoms with Crippen molar-refractivity contribution in [2.24, 2.45) is 4.99 Å². The van der Waals surface area contributed by atoms with Crippen molar-refractivity contribution in [1.82, 2.24) is 10.6 Å². The van der Waals surface area contributed by atoms with E-state index in [1.165, 1.54) is 0 Å². The summed E-state index contributed by atoms with van der Waals surface area (Å²) in [6.07, 6.45) is 0. The molecule has 0 fully saturated rings. The predicted octanol–water partition coefficient (Wildman–Crippen LogP) is 3.69. The summed E-state index contributed by atoms with van der Waals surface area (Å²) < 4.78 is 54.1. The molecule has 4 nitrogen and oxygen atoms in total. The van der Waals surface area contributed by atoms with Crippen LogP contribution in [0.1, 0.15) is 24.0 Å². The smallest absolute Gasteiger partial charge is 0.191 e. The third-order valence-electron chi connectivity index (χ3n) is 3.95. The first kappa shape index (κ1) is 24.2. The van der Waals surface area contributed by atoms with Crippen LogP contribution < -0.4 is 10.6 Å². The van der Waals surface area contributed by atoms with Gasteiger partial charge in [-0.05, 0) is 12.5 Å². The second kappa shape index (κ2) is 11.8. The van der Waals surface area contributed by atoms with Crippen LogP contribution in [0.3, 0.4) is 0 Å². The van der Waals surface area contributed by atoms with E-state index in [2.05, 4.69) is 15.6 Å². The highest BCUT2D eigenvalue weighted by Gasteiger charge is 2.19. The van der Waals surface area contributed by atoms with E-state index in [9.17, 15) is 22.7 Å². The second-order valence-corrected chi connectivity index (χ2v) is 5.81. The molecule has 0 radical (unpaired) electrons. The number of benzene rings is 2. The molecule has 0 aliphatic carbocycles. The average molecular weight is 511 g/mol. The van der Waals surface area contributed by atoms with Crippen molar-refractivity contribution in [1.29, 1.82) is 0 Å². The maximum Gasteiger partial charge on any atom is 0.191 e. The van der Waals surface area contributed by atoms with Crippen molar-refractivity contribution in [3.8, 4) is 0 Å². The summed E-state index contributed by atoms with van der Waals surface area (Å²) in [6.45, 7) is 1.85. The second-order valence-electron chi connectivity index (χ2n) is 5.81. The molecule has 0 aliphatic rings. The molecule has 1 unspecified atom stereocenters. The third kappa shape index (κ3) is 6.33. The maximum atomic E-state index is 13.7. The van der Waals surface area contributed by atoms with Crippen LogP contribution >= 0.6 is 24.0 Å². The van der Waals surface area contributed by atoms with Gasteiger partial charge in [-0.2, -0.15) is 0 Å². The summed E-state index contributed by atoms with van der Waals surface area (Å²) in [5, 5.41) is 15.4. The number of rotatable bonds is 7. The van der Waals surface area contributed by atoms with Gasteiger partial charge in [0.15, 0.2) is 29.2 Å². The van der Waals surface area contributed by atoms with Gasteiger partial charge in [0.25, 0.3) is 0 Å². The van der Waals surface area contributed by atoms with Crippen molar-refractivity contribution < 1.29 is 22.7 Å². The highest BCUT2D eigenvalue weighted by atomic mass is 127. The largest absolute Gasteiger partial charge is 0.396 e. The molecule has 0 bridgehead atoms. The Balaban J connectivity index is 0.00000392. The molecule has 154 valence electrons. The van der Waals surface area contributed by atoms with E-state index in [4.69, 9.17) is 0 Å². The van der Waals surface area contributed by atoms with Gasteiger partial charge in [0.05, 0.1) is 18.7 Å². The summed E-state index contributed by atoms with van der Waals surface area (Å²) in [4.78, 5) is 3.99. The van der Waals surface area contributed by atoms with E-state index in [-0.39, 0.29) is 48.5 Å². The minimum absolute atomic E-state index is 0. The fraction of sp³-hybridized carbons (Fsp3) is 0.316. The molecule has 0 saturated heterocycles. The molecule has 2 aromatic rings. The number of halogens is 5. The zero-order chi connectivity index (χ0) is 19.8. The molecular formula is C19H22F4IN3O. The number of guanidine groups is 1. The first-order valence-electron chi connectivity index (χ1n) is 8.47. The van der Waals surface area contributed by atoms with Gasteiger partial charge in [-0.15, -0.1) is 24.0 Å². The zero-order valence-corrected chi connectivity index (χ0v) is 17.5. The number of nitrogens with one attached hydrogen (secondary N) is 2. The van der Waals surface area contributed by atoms with Crippen molar-refractivity contribution >= 4 is 29.9 Å². The Labute approximate surface area is 178 Å². The van der Waals surface area contributed by atoms with Crippen molar-refractivity contribution in [3.63, 3.8) is 0 Å². The van der Waals surface area contributed by atoms with Gasteiger partial charge >= 0.3 is 0 Å². The van der Waals surface area contributed by atoms with Gasteiger partial charge in [-0.25, -0.2) is 22.6 Å². The Bertz CT molecular complexity index is 764. The van der Waals surface area contributed by atoms with Crippen LogP contribution in [0.2, 0.25) is 0 Å². The average Bonchev–Trinajstić information content (AvgIpc) is 2.67. The first-order chi connectivity index (χ1) is 13.0. The summed E-state index contributed by atoms with van der Waals surface area (Å²) in [5.74, 6) is -5.90. The van der Waals surface area contributed by atoms with Gasteiger partial charge in [0.2, 0.25) is 0 Å². The lowest BCUT2D eigenvalue weighted by Crippen LogP contribution is -2.40. The molecule has 0 amide bonds. The molecule has 1 atom stereocenters. The monoisotopic (exact) mass is 511 g/mol. The first-order valence-corrected chi connectivity index (χ1v) is 8.47. The number of nitrogens with zero attached hydrogens (tertiary/aromatic N) is 1. The van der Waals surface area contributed by atoms with Gasteiger partial charge < -0.3 is 15.7 Å². The number of aliphatic imine (C=N–C) groups is 1. The van der Waals surface area contributed by atoms with E-state index in [1.807, 2.05) is 30.3 Å². The minimum atomic E-state index is -1.47. The molecule has 2 aromatic carbocycles. The normalized spacial score (nSPS) is 12.3. The Morgan fingerprint density at radius 1 is 1.04 bits per heavy atom. The molecule has 0 heterocycles. The van der Waals surface area contributed by atoms with Gasteiger partial charge in [0, 0.05) is 25.1 Å². The van der Waals surface area contributed by atoms with Gasteiger partial charge in [0.1, 0.15) is 0 Å². The summed E-state index contributed by atoms with van der Waals surface area (Å²) in [6, 6.07) is 9.45. The summed E-state index contributed by atoms with van der Waals surface area (Å²) in [5.41, 5.74) is 0.124. The van der Waals surface area contributed by atoms with Gasteiger partial charge in [-0.1, -0.05) is 30.3 Å². The quantitative estimate of drug-likeness (QED) is 0.175. The number of aliphatic hydroxyl groups is 1. The molecule has 0 aromatic heterocycles. The van der Waals surface area contributed by atoms with Crippen molar-refractivity contribution in [2.45, 2.75) is 19.4 Å². The highest BCUT2D eigenvalue weighted by molar-refractivity contribution is 14.0. The predicted molar refractivity (Wildman–Crippen MR) is 111 cm³/mol. The zero-order valence-electron chi connectivity index (χ0n) is 15.2. The Kier molecular flexibility index (Phi) is 10.2. The topological polar surface area (TPSA) is 56.7 Å². The standard InChI is InChI=1S/C19H21F4N3O.HI/c1-2-24-19(25-9-13(11-27)12-6-4-3-5-7-12)26-10-14-17(22)15(20)8-16(21)18(14)23;/h3-8,13,27H,2,9-11H2,1H3,(H2,24,25,26);1H. The van der Waals surface area contributed by atoms with Crippen LogP contribution in [0.4, 0.5) is 17.6 Å².